The van der Waals surface area contributed by atoms with Crippen LogP contribution in [0.4, 0.5) is 5.95 Å². The zero-order valence-corrected chi connectivity index (χ0v) is 11.3. The minimum absolute atomic E-state index is 0.726. The van der Waals surface area contributed by atoms with E-state index in [9.17, 15) is 0 Å². The minimum atomic E-state index is 0.726. The highest BCUT2D eigenvalue weighted by Crippen LogP contribution is 2.07. The lowest BCUT2D eigenvalue weighted by atomic mass is 10.1. The number of hydrogen-bond acceptors (Lipinski definition) is 3. The second-order valence-electron chi connectivity index (χ2n) is 4.60. The summed E-state index contributed by atoms with van der Waals surface area (Å²) in [6.07, 6.45) is 6.07. The summed E-state index contributed by atoms with van der Waals surface area (Å²) in [4.78, 5) is 4.32. The standard InChI is InChI=1S/C13H25N3O/c1-4-17-11-5-9-16-10-8-15-13(16)14-7-6-12(2)3/h8,10,12H,4-7,9,11H2,1-3H3,(H,14,15). The lowest BCUT2D eigenvalue weighted by Gasteiger charge is -2.10. The molecule has 0 fully saturated rings. The summed E-state index contributed by atoms with van der Waals surface area (Å²) >= 11 is 0. The van der Waals surface area contributed by atoms with E-state index in [1.807, 2.05) is 19.3 Å². The zero-order valence-electron chi connectivity index (χ0n) is 11.3. The van der Waals surface area contributed by atoms with E-state index in [-0.39, 0.29) is 0 Å². The Hall–Kier alpha value is -1.03. The molecule has 1 rings (SSSR count). The van der Waals surface area contributed by atoms with Gasteiger partial charge >= 0.3 is 0 Å². The largest absolute Gasteiger partial charge is 0.382 e. The summed E-state index contributed by atoms with van der Waals surface area (Å²) in [5.41, 5.74) is 0. The topological polar surface area (TPSA) is 39.1 Å². The van der Waals surface area contributed by atoms with Gasteiger partial charge in [-0.3, -0.25) is 0 Å². The molecule has 1 heterocycles. The van der Waals surface area contributed by atoms with Gasteiger partial charge in [-0.15, -0.1) is 0 Å². The molecule has 0 saturated carbocycles. The Morgan fingerprint density at radius 3 is 3.00 bits per heavy atom. The molecule has 0 bridgehead atoms. The Kier molecular flexibility index (Phi) is 6.70. The van der Waals surface area contributed by atoms with Crippen molar-refractivity contribution >= 4 is 5.95 Å². The molecule has 0 aliphatic rings. The first-order valence-corrected chi connectivity index (χ1v) is 6.56. The second-order valence-corrected chi connectivity index (χ2v) is 4.60. The third-order valence-electron chi connectivity index (χ3n) is 2.61. The maximum atomic E-state index is 5.33. The molecule has 4 nitrogen and oxygen atoms in total. The van der Waals surface area contributed by atoms with Gasteiger partial charge in [0.05, 0.1) is 0 Å². The predicted octanol–water partition coefficient (Wildman–Crippen LogP) is 2.77. The van der Waals surface area contributed by atoms with Gasteiger partial charge in [0, 0.05) is 38.7 Å². The Labute approximate surface area is 104 Å². The number of aromatic nitrogens is 2. The van der Waals surface area contributed by atoms with E-state index in [0.717, 1.165) is 44.6 Å². The molecule has 0 radical (unpaired) electrons. The van der Waals surface area contributed by atoms with Crippen LogP contribution in [0.5, 0.6) is 0 Å². The van der Waals surface area contributed by atoms with Gasteiger partial charge in [0.1, 0.15) is 0 Å². The van der Waals surface area contributed by atoms with E-state index in [2.05, 4.69) is 28.7 Å². The number of aryl methyl sites for hydroxylation is 1. The number of hydrogen-bond donors (Lipinski definition) is 1. The maximum absolute atomic E-state index is 5.33. The van der Waals surface area contributed by atoms with Gasteiger partial charge in [0.2, 0.25) is 5.95 Å². The summed E-state index contributed by atoms with van der Waals surface area (Å²) in [6, 6.07) is 0. The molecule has 98 valence electrons. The van der Waals surface area contributed by atoms with E-state index >= 15 is 0 Å². The fourth-order valence-electron chi connectivity index (χ4n) is 1.61. The fourth-order valence-corrected chi connectivity index (χ4v) is 1.61. The Bertz CT molecular complexity index is 297. The first-order chi connectivity index (χ1) is 8.24. The third-order valence-corrected chi connectivity index (χ3v) is 2.61. The average Bonchev–Trinajstić information content (AvgIpc) is 2.72. The van der Waals surface area contributed by atoms with Crippen LogP contribution in [-0.2, 0) is 11.3 Å². The van der Waals surface area contributed by atoms with Crippen LogP contribution < -0.4 is 5.32 Å². The highest BCUT2D eigenvalue weighted by Gasteiger charge is 2.02. The lowest BCUT2D eigenvalue weighted by Crippen LogP contribution is -2.11. The quantitative estimate of drug-likeness (QED) is 0.673. The lowest BCUT2D eigenvalue weighted by molar-refractivity contribution is 0.142. The van der Waals surface area contributed by atoms with Crippen LogP contribution in [-0.4, -0.2) is 29.3 Å². The van der Waals surface area contributed by atoms with Gasteiger partial charge in [-0.2, -0.15) is 0 Å². The monoisotopic (exact) mass is 239 g/mol. The van der Waals surface area contributed by atoms with Crippen molar-refractivity contribution in [2.75, 3.05) is 25.1 Å². The highest BCUT2D eigenvalue weighted by molar-refractivity contribution is 5.25. The maximum Gasteiger partial charge on any atom is 0.202 e. The van der Waals surface area contributed by atoms with Gasteiger partial charge in [-0.25, -0.2) is 4.98 Å². The molecule has 17 heavy (non-hydrogen) atoms. The Balaban J connectivity index is 2.27. The number of rotatable bonds is 9. The van der Waals surface area contributed by atoms with Crippen molar-refractivity contribution in [3.63, 3.8) is 0 Å². The van der Waals surface area contributed by atoms with Gasteiger partial charge in [-0.05, 0) is 25.7 Å². The Morgan fingerprint density at radius 2 is 2.29 bits per heavy atom. The van der Waals surface area contributed by atoms with Gasteiger partial charge in [0.15, 0.2) is 0 Å². The van der Waals surface area contributed by atoms with Crippen molar-refractivity contribution in [2.45, 2.75) is 40.2 Å². The van der Waals surface area contributed by atoms with Gasteiger partial charge in [-0.1, -0.05) is 13.8 Å². The minimum Gasteiger partial charge on any atom is -0.382 e. The van der Waals surface area contributed by atoms with Crippen LogP contribution in [0.3, 0.4) is 0 Å². The molecule has 4 heteroatoms. The van der Waals surface area contributed by atoms with E-state index in [4.69, 9.17) is 4.74 Å². The summed E-state index contributed by atoms with van der Waals surface area (Å²) in [6.45, 7) is 10.1. The van der Waals surface area contributed by atoms with Crippen molar-refractivity contribution in [2.24, 2.45) is 5.92 Å². The molecule has 0 aliphatic carbocycles. The van der Waals surface area contributed by atoms with Crippen LogP contribution >= 0.6 is 0 Å². The molecule has 0 spiro atoms. The van der Waals surface area contributed by atoms with Gasteiger partial charge in [0.25, 0.3) is 0 Å². The molecule has 1 N–H and O–H groups in total. The molecule has 0 saturated heterocycles. The van der Waals surface area contributed by atoms with E-state index < -0.39 is 0 Å². The number of anilines is 1. The van der Waals surface area contributed by atoms with E-state index in [1.54, 1.807) is 0 Å². The van der Waals surface area contributed by atoms with Gasteiger partial charge < -0.3 is 14.6 Å². The van der Waals surface area contributed by atoms with E-state index in [0.29, 0.717) is 0 Å². The SMILES string of the molecule is CCOCCCn1ccnc1NCCC(C)C. The molecular weight excluding hydrogens is 214 g/mol. The smallest absolute Gasteiger partial charge is 0.202 e. The average molecular weight is 239 g/mol. The molecule has 0 amide bonds. The van der Waals surface area contributed by atoms with Crippen LogP contribution in [0.15, 0.2) is 12.4 Å². The first kappa shape index (κ1) is 14.0. The summed E-state index contributed by atoms with van der Waals surface area (Å²) in [5.74, 6) is 1.70. The number of nitrogens with one attached hydrogen (secondary N) is 1. The third kappa shape index (κ3) is 5.73. The summed E-state index contributed by atoms with van der Waals surface area (Å²) in [5, 5.41) is 3.38. The zero-order chi connectivity index (χ0) is 12.5. The predicted molar refractivity (Wildman–Crippen MR) is 71.3 cm³/mol. The molecular formula is C13H25N3O. The molecule has 1 aromatic rings. The van der Waals surface area contributed by atoms with Crippen molar-refractivity contribution in [1.82, 2.24) is 9.55 Å². The number of imidazole rings is 1. The molecule has 0 atom stereocenters. The molecule has 1 aromatic heterocycles. The van der Waals surface area contributed by atoms with Crippen molar-refractivity contribution in [1.29, 1.82) is 0 Å². The van der Waals surface area contributed by atoms with Crippen LogP contribution in [0.2, 0.25) is 0 Å². The Morgan fingerprint density at radius 1 is 1.47 bits per heavy atom. The van der Waals surface area contributed by atoms with E-state index in [1.165, 1.54) is 6.42 Å². The van der Waals surface area contributed by atoms with Crippen molar-refractivity contribution < 1.29 is 4.74 Å². The molecule has 0 unspecified atom stereocenters. The van der Waals surface area contributed by atoms with Crippen LogP contribution in [0.25, 0.3) is 0 Å². The first-order valence-electron chi connectivity index (χ1n) is 6.56. The van der Waals surface area contributed by atoms with Crippen molar-refractivity contribution in [3.05, 3.63) is 12.4 Å². The fraction of sp³-hybridized carbons (Fsp3) is 0.769. The summed E-state index contributed by atoms with van der Waals surface area (Å²) < 4.78 is 7.48. The van der Waals surface area contributed by atoms with Crippen molar-refractivity contribution in [3.8, 4) is 0 Å². The summed E-state index contributed by atoms with van der Waals surface area (Å²) in [7, 11) is 0. The highest BCUT2D eigenvalue weighted by atomic mass is 16.5. The van der Waals surface area contributed by atoms with Crippen LogP contribution in [0.1, 0.15) is 33.6 Å². The number of ether oxygens (including phenoxy) is 1. The number of nitrogens with zero attached hydrogens (tertiary/aromatic N) is 2. The molecule has 0 aliphatic heterocycles. The normalized spacial score (nSPS) is 11.1. The molecule has 0 aromatic carbocycles. The van der Waals surface area contributed by atoms with Crippen LogP contribution in [0, 0.1) is 5.92 Å². The second kappa shape index (κ2) is 8.12.